The minimum Gasteiger partial charge on any atom is -0.456 e. The maximum Gasteiger partial charge on any atom is 0.307 e. The largest absolute Gasteiger partial charge is 0.456 e. The number of nitrogens with one attached hydrogen (secondary N) is 1. The summed E-state index contributed by atoms with van der Waals surface area (Å²) in [6, 6.07) is 13.3. The summed E-state index contributed by atoms with van der Waals surface area (Å²) >= 11 is 1.30. The first-order valence-electron chi connectivity index (χ1n) is 9.20. The van der Waals surface area contributed by atoms with Gasteiger partial charge in [0.15, 0.2) is 6.61 Å². The van der Waals surface area contributed by atoms with Crippen molar-refractivity contribution in [3.8, 4) is 0 Å². The van der Waals surface area contributed by atoms with Crippen LogP contribution in [-0.2, 0) is 25.7 Å². The molecule has 152 valence electrons. The van der Waals surface area contributed by atoms with Crippen LogP contribution in [0, 0.1) is 5.82 Å². The molecule has 2 aromatic carbocycles. The lowest BCUT2D eigenvalue weighted by Crippen LogP contribution is -2.35. The van der Waals surface area contributed by atoms with Gasteiger partial charge in [-0.1, -0.05) is 24.3 Å². The topological polar surface area (TPSA) is 75.7 Å². The van der Waals surface area contributed by atoms with E-state index in [1.54, 1.807) is 25.1 Å². The summed E-state index contributed by atoms with van der Waals surface area (Å²) in [6.45, 7) is 1.99. The van der Waals surface area contributed by atoms with Crippen molar-refractivity contribution in [2.45, 2.75) is 30.0 Å². The first-order chi connectivity index (χ1) is 14.0. The molecule has 0 unspecified atom stereocenters. The number of ether oxygens (including phenoxy) is 1. The Morgan fingerprint density at radius 1 is 1.21 bits per heavy atom. The number of para-hydroxylation sites is 1. The van der Waals surface area contributed by atoms with Crippen molar-refractivity contribution in [1.82, 2.24) is 4.90 Å². The molecule has 0 aliphatic carbocycles. The van der Waals surface area contributed by atoms with E-state index < -0.39 is 17.8 Å². The van der Waals surface area contributed by atoms with Gasteiger partial charge in [0.25, 0.3) is 5.91 Å². The Morgan fingerprint density at radius 3 is 2.76 bits per heavy atom. The molecule has 1 aliphatic heterocycles. The Bertz CT molecular complexity index is 921. The lowest BCUT2D eigenvalue weighted by atomic mass is 10.2. The summed E-state index contributed by atoms with van der Waals surface area (Å²) in [5.74, 6) is -1.64. The number of rotatable bonds is 7. The minimum atomic E-state index is -0.618. The Labute approximate surface area is 172 Å². The number of thioether (sulfide) groups is 1. The van der Waals surface area contributed by atoms with Gasteiger partial charge in [0.2, 0.25) is 5.91 Å². The SMILES string of the molecule is CCN(Cc1cccc(F)c1)C(=O)COC(=O)C[C@H]1Sc2ccccc2NC1=O. The van der Waals surface area contributed by atoms with Crippen LogP contribution >= 0.6 is 11.8 Å². The third kappa shape index (κ3) is 5.57. The number of halogens is 1. The second kappa shape index (κ2) is 9.56. The highest BCUT2D eigenvalue weighted by atomic mass is 32.2. The van der Waals surface area contributed by atoms with Gasteiger partial charge >= 0.3 is 5.97 Å². The Balaban J connectivity index is 1.50. The lowest BCUT2D eigenvalue weighted by molar-refractivity contribution is -0.152. The van der Waals surface area contributed by atoms with Crippen LogP contribution in [0.5, 0.6) is 0 Å². The third-order valence-electron chi connectivity index (χ3n) is 4.41. The van der Waals surface area contributed by atoms with Crippen LogP contribution in [0.2, 0.25) is 0 Å². The molecular formula is C21H21FN2O4S. The van der Waals surface area contributed by atoms with E-state index in [-0.39, 0.29) is 30.6 Å². The Morgan fingerprint density at radius 2 is 2.00 bits per heavy atom. The molecule has 0 fully saturated rings. The number of likely N-dealkylation sites (N-methyl/N-ethyl adjacent to an activating group) is 1. The number of carbonyl (C=O) groups is 3. The second-order valence-electron chi connectivity index (χ2n) is 6.49. The zero-order chi connectivity index (χ0) is 20.8. The fourth-order valence-corrected chi connectivity index (χ4v) is 4.00. The predicted octanol–water partition coefficient (Wildman–Crippen LogP) is 3.22. The zero-order valence-electron chi connectivity index (χ0n) is 15.9. The van der Waals surface area contributed by atoms with Crippen LogP contribution in [0.25, 0.3) is 0 Å². The molecule has 8 heteroatoms. The van der Waals surface area contributed by atoms with Crippen LogP contribution in [0.15, 0.2) is 53.4 Å². The van der Waals surface area contributed by atoms with Crippen molar-refractivity contribution in [1.29, 1.82) is 0 Å². The van der Waals surface area contributed by atoms with E-state index in [2.05, 4.69) is 5.32 Å². The van der Waals surface area contributed by atoms with E-state index in [1.165, 1.54) is 28.8 Å². The Kier molecular flexibility index (Phi) is 6.87. The van der Waals surface area contributed by atoms with Crippen molar-refractivity contribution in [2.24, 2.45) is 0 Å². The number of hydrogen-bond acceptors (Lipinski definition) is 5. The fourth-order valence-electron chi connectivity index (χ4n) is 2.90. The predicted molar refractivity (Wildman–Crippen MR) is 108 cm³/mol. The fraction of sp³-hybridized carbons (Fsp3) is 0.286. The highest BCUT2D eigenvalue weighted by Gasteiger charge is 2.29. The van der Waals surface area contributed by atoms with Crippen LogP contribution in [0.1, 0.15) is 18.9 Å². The molecule has 1 N–H and O–H groups in total. The minimum absolute atomic E-state index is 0.131. The van der Waals surface area contributed by atoms with Crippen LogP contribution in [0.3, 0.4) is 0 Å². The molecule has 1 atom stereocenters. The average Bonchev–Trinajstić information content (AvgIpc) is 2.71. The van der Waals surface area contributed by atoms with Crippen molar-refractivity contribution in [2.75, 3.05) is 18.5 Å². The van der Waals surface area contributed by atoms with E-state index in [0.717, 1.165) is 10.6 Å². The highest BCUT2D eigenvalue weighted by molar-refractivity contribution is 8.01. The maximum absolute atomic E-state index is 13.3. The van der Waals surface area contributed by atoms with Crippen molar-refractivity contribution in [3.05, 3.63) is 59.9 Å². The van der Waals surface area contributed by atoms with Crippen LogP contribution in [0.4, 0.5) is 10.1 Å². The monoisotopic (exact) mass is 416 g/mol. The first-order valence-corrected chi connectivity index (χ1v) is 10.1. The zero-order valence-corrected chi connectivity index (χ0v) is 16.7. The number of benzene rings is 2. The standard InChI is InChI=1S/C21H21FN2O4S/c1-2-24(12-14-6-5-7-15(22)10-14)19(25)13-28-20(26)11-18-21(27)23-16-8-3-4-9-17(16)29-18/h3-10,18H,2,11-13H2,1H3,(H,23,27)/t18-/m1/s1. The number of esters is 1. The van der Waals surface area contributed by atoms with Crippen LogP contribution < -0.4 is 5.32 Å². The summed E-state index contributed by atoms with van der Waals surface area (Å²) in [5, 5.41) is 2.16. The smallest absolute Gasteiger partial charge is 0.307 e. The van der Waals surface area contributed by atoms with Gasteiger partial charge in [-0.3, -0.25) is 14.4 Å². The van der Waals surface area contributed by atoms with Crippen molar-refractivity contribution < 1.29 is 23.5 Å². The maximum atomic E-state index is 13.3. The van der Waals surface area contributed by atoms with E-state index in [9.17, 15) is 18.8 Å². The van der Waals surface area contributed by atoms with E-state index in [1.807, 2.05) is 18.2 Å². The third-order valence-corrected chi connectivity index (χ3v) is 5.69. The van der Waals surface area contributed by atoms with Gasteiger partial charge in [-0.2, -0.15) is 0 Å². The summed E-state index contributed by atoms with van der Waals surface area (Å²) in [5.41, 5.74) is 1.37. The molecule has 29 heavy (non-hydrogen) atoms. The summed E-state index contributed by atoms with van der Waals surface area (Å²) < 4.78 is 18.4. The van der Waals surface area contributed by atoms with E-state index in [4.69, 9.17) is 4.74 Å². The molecule has 0 spiro atoms. The lowest BCUT2D eigenvalue weighted by Gasteiger charge is -2.24. The van der Waals surface area contributed by atoms with Gasteiger partial charge in [0, 0.05) is 18.0 Å². The van der Waals surface area contributed by atoms with Crippen LogP contribution in [-0.4, -0.2) is 41.1 Å². The number of carbonyl (C=O) groups excluding carboxylic acids is 3. The number of anilines is 1. The number of amides is 2. The molecule has 0 aromatic heterocycles. The van der Waals surface area contributed by atoms with E-state index >= 15 is 0 Å². The molecule has 1 aliphatic rings. The van der Waals surface area contributed by atoms with Gasteiger partial charge in [0.05, 0.1) is 17.4 Å². The van der Waals surface area contributed by atoms with Gasteiger partial charge in [-0.25, -0.2) is 4.39 Å². The number of hydrogen-bond donors (Lipinski definition) is 1. The van der Waals surface area contributed by atoms with Gasteiger partial charge in [-0.05, 0) is 36.8 Å². The number of fused-ring (bicyclic) bond motifs is 1. The quantitative estimate of drug-likeness (QED) is 0.702. The van der Waals surface area contributed by atoms with Crippen molar-refractivity contribution >= 4 is 35.2 Å². The summed E-state index contributed by atoms with van der Waals surface area (Å²) in [6.07, 6.45) is -0.131. The normalized spacial score (nSPS) is 15.2. The molecule has 2 amide bonds. The molecule has 0 radical (unpaired) electrons. The summed E-state index contributed by atoms with van der Waals surface area (Å²) in [4.78, 5) is 39.0. The summed E-state index contributed by atoms with van der Waals surface area (Å²) in [7, 11) is 0. The van der Waals surface area contributed by atoms with Crippen molar-refractivity contribution in [3.63, 3.8) is 0 Å². The molecule has 0 bridgehead atoms. The molecule has 1 heterocycles. The van der Waals surface area contributed by atoms with Gasteiger partial charge in [-0.15, -0.1) is 11.8 Å². The molecule has 0 saturated carbocycles. The molecule has 6 nitrogen and oxygen atoms in total. The second-order valence-corrected chi connectivity index (χ2v) is 7.74. The average molecular weight is 416 g/mol. The molecule has 2 aromatic rings. The van der Waals surface area contributed by atoms with E-state index in [0.29, 0.717) is 12.1 Å². The molecule has 3 rings (SSSR count). The molecule has 0 saturated heterocycles. The first kappa shape index (κ1) is 20.9. The number of nitrogens with zero attached hydrogens (tertiary/aromatic N) is 1. The van der Waals surface area contributed by atoms with Gasteiger partial charge in [0.1, 0.15) is 5.82 Å². The molecular weight excluding hydrogens is 395 g/mol. The van der Waals surface area contributed by atoms with Gasteiger partial charge < -0.3 is 15.0 Å². The highest BCUT2D eigenvalue weighted by Crippen LogP contribution is 2.36. The Hall–Kier alpha value is -2.87.